The zero-order chi connectivity index (χ0) is 12.0. The number of aryl methyl sites for hydroxylation is 1. The van der Waals surface area contributed by atoms with Crippen molar-refractivity contribution in [2.24, 2.45) is 0 Å². The van der Waals surface area contributed by atoms with Gasteiger partial charge in [0.05, 0.1) is 6.61 Å². The standard InChI is InChI=1S/C13H20O3/c1-2-3-4-10-5-7-11(8-6-10)13(16)12(15)9-14/h5-8,12-16H,2-4,9H2,1H3. The minimum Gasteiger partial charge on any atom is -0.394 e. The first-order chi connectivity index (χ1) is 7.69. The Kier molecular flexibility index (Phi) is 5.46. The Balaban J connectivity index is 2.63. The van der Waals surface area contributed by atoms with Crippen molar-refractivity contribution in [2.75, 3.05) is 6.61 Å². The van der Waals surface area contributed by atoms with E-state index in [4.69, 9.17) is 5.11 Å². The number of hydrogen-bond acceptors (Lipinski definition) is 3. The van der Waals surface area contributed by atoms with Crippen LogP contribution < -0.4 is 0 Å². The molecule has 2 atom stereocenters. The number of benzene rings is 1. The fourth-order valence-electron chi connectivity index (χ4n) is 1.58. The lowest BCUT2D eigenvalue weighted by Gasteiger charge is -2.16. The van der Waals surface area contributed by atoms with Gasteiger partial charge in [-0.15, -0.1) is 0 Å². The first-order valence-electron chi connectivity index (χ1n) is 5.74. The van der Waals surface area contributed by atoms with Crippen LogP contribution in [0.2, 0.25) is 0 Å². The van der Waals surface area contributed by atoms with Crippen molar-refractivity contribution in [1.29, 1.82) is 0 Å². The summed E-state index contributed by atoms with van der Waals surface area (Å²) in [5.41, 5.74) is 1.87. The number of hydrogen-bond donors (Lipinski definition) is 3. The Morgan fingerprint density at radius 2 is 1.75 bits per heavy atom. The quantitative estimate of drug-likeness (QED) is 0.685. The van der Waals surface area contributed by atoms with Crippen molar-refractivity contribution < 1.29 is 15.3 Å². The van der Waals surface area contributed by atoms with E-state index in [0.29, 0.717) is 5.56 Å². The third-order valence-corrected chi connectivity index (χ3v) is 2.69. The molecule has 0 saturated carbocycles. The maximum atomic E-state index is 9.65. The largest absolute Gasteiger partial charge is 0.394 e. The second-order valence-electron chi connectivity index (χ2n) is 4.04. The molecular formula is C13H20O3. The lowest BCUT2D eigenvalue weighted by Crippen LogP contribution is -2.21. The summed E-state index contributed by atoms with van der Waals surface area (Å²) in [6.07, 6.45) is 1.23. The molecule has 0 aliphatic carbocycles. The average Bonchev–Trinajstić information content (AvgIpc) is 2.35. The smallest absolute Gasteiger partial charge is 0.107 e. The molecule has 0 spiro atoms. The van der Waals surface area contributed by atoms with Crippen LogP contribution in [0.4, 0.5) is 0 Å². The third-order valence-electron chi connectivity index (χ3n) is 2.69. The molecule has 0 bridgehead atoms. The second kappa shape index (κ2) is 6.63. The Bertz CT molecular complexity index is 295. The molecule has 3 heteroatoms. The molecule has 90 valence electrons. The van der Waals surface area contributed by atoms with Crippen molar-refractivity contribution in [3.05, 3.63) is 35.4 Å². The third kappa shape index (κ3) is 3.59. The molecule has 0 saturated heterocycles. The van der Waals surface area contributed by atoms with Crippen LogP contribution >= 0.6 is 0 Å². The number of rotatable bonds is 6. The van der Waals surface area contributed by atoms with Gasteiger partial charge in [0.25, 0.3) is 0 Å². The van der Waals surface area contributed by atoms with E-state index in [2.05, 4.69) is 6.92 Å². The van der Waals surface area contributed by atoms with Crippen molar-refractivity contribution >= 4 is 0 Å². The fourth-order valence-corrected chi connectivity index (χ4v) is 1.58. The number of aliphatic hydroxyl groups excluding tert-OH is 3. The zero-order valence-corrected chi connectivity index (χ0v) is 9.63. The van der Waals surface area contributed by atoms with Crippen LogP contribution in [0.25, 0.3) is 0 Å². The van der Waals surface area contributed by atoms with Gasteiger partial charge in [-0.05, 0) is 24.0 Å². The number of aliphatic hydroxyl groups is 3. The molecule has 2 unspecified atom stereocenters. The summed E-state index contributed by atoms with van der Waals surface area (Å²) in [7, 11) is 0. The van der Waals surface area contributed by atoms with Gasteiger partial charge in [-0.3, -0.25) is 0 Å². The van der Waals surface area contributed by atoms with Crippen LogP contribution in [0, 0.1) is 0 Å². The van der Waals surface area contributed by atoms with Crippen LogP contribution in [0.15, 0.2) is 24.3 Å². The Hall–Kier alpha value is -0.900. The maximum absolute atomic E-state index is 9.65. The average molecular weight is 224 g/mol. The molecule has 16 heavy (non-hydrogen) atoms. The van der Waals surface area contributed by atoms with Gasteiger partial charge >= 0.3 is 0 Å². The van der Waals surface area contributed by atoms with Gasteiger partial charge in [0.2, 0.25) is 0 Å². The van der Waals surface area contributed by atoms with E-state index in [0.717, 1.165) is 19.3 Å². The molecule has 0 aliphatic rings. The predicted molar refractivity (Wildman–Crippen MR) is 63.1 cm³/mol. The topological polar surface area (TPSA) is 60.7 Å². The minimum absolute atomic E-state index is 0.432. The minimum atomic E-state index is -1.11. The highest BCUT2D eigenvalue weighted by atomic mass is 16.4. The van der Waals surface area contributed by atoms with Crippen LogP contribution in [0.1, 0.15) is 37.0 Å². The summed E-state index contributed by atoms with van der Waals surface area (Å²) in [6, 6.07) is 7.51. The predicted octanol–water partition coefficient (Wildman–Crippen LogP) is 1.42. The molecule has 0 heterocycles. The van der Waals surface area contributed by atoms with Crippen molar-refractivity contribution in [1.82, 2.24) is 0 Å². The summed E-state index contributed by atoms with van der Waals surface area (Å²) in [6.45, 7) is 1.72. The number of unbranched alkanes of at least 4 members (excludes halogenated alkanes) is 1. The highest BCUT2D eigenvalue weighted by molar-refractivity contribution is 5.24. The first kappa shape index (κ1) is 13.2. The monoisotopic (exact) mass is 224 g/mol. The highest BCUT2D eigenvalue weighted by Gasteiger charge is 2.16. The van der Waals surface area contributed by atoms with Crippen LogP contribution in [-0.2, 0) is 6.42 Å². The van der Waals surface area contributed by atoms with Gasteiger partial charge in [0.1, 0.15) is 12.2 Å². The molecule has 1 aromatic carbocycles. The SMILES string of the molecule is CCCCc1ccc(C(O)C(O)CO)cc1. The normalized spacial score (nSPS) is 14.8. The molecule has 3 N–H and O–H groups in total. The summed E-state index contributed by atoms with van der Waals surface area (Å²) in [4.78, 5) is 0. The molecule has 1 aromatic rings. The second-order valence-corrected chi connectivity index (χ2v) is 4.04. The van der Waals surface area contributed by atoms with Gasteiger partial charge in [0.15, 0.2) is 0 Å². The van der Waals surface area contributed by atoms with Gasteiger partial charge in [-0.2, -0.15) is 0 Å². The molecule has 0 radical (unpaired) electrons. The molecule has 1 rings (SSSR count). The summed E-state index contributed by atoms with van der Waals surface area (Å²) >= 11 is 0. The lowest BCUT2D eigenvalue weighted by molar-refractivity contribution is -0.0152. The Morgan fingerprint density at radius 1 is 1.12 bits per heavy atom. The molecule has 0 aliphatic heterocycles. The highest BCUT2D eigenvalue weighted by Crippen LogP contribution is 2.18. The van der Waals surface area contributed by atoms with E-state index in [1.54, 1.807) is 12.1 Å². The van der Waals surface area contributed by atoms with Gasteiger partial charge in [0, 0.05) is 0 Å². The van der Waals surface area contributed by atoms with Gasteiger partial charge in [-0.1, -0.05) is 37.6 Å². The Labute approximate surface area is 96.4 Å². The summed E-state index contributed by atoms with van der Waals surface area (Å²) < 4.78 is 0. The van der Waals surface area contributed by atoms with E-state index in [9.17, 15) is 10.2 Å². The fraction of sp³-hybridized carbons (Fsp3) is 0.538. The first-order valence-corrected chi connectivity index (χ1v) is 5.74. The van der Waals surface area contributed by atoms with Gasteiger partial charge in [-0.25, -0.2) is 0 Å². The lowest BCUT2D eigenvalue weighted by atomic mass is 10.0. The van der Waals surface area contributed by atoms with E-state index in [1.807, 2.05) is 12.1 Å². The Morgan fingerprint density at radius 3 is 2.25 bits per heavy atom. The van der Waals surface area contributed by atoms with E-state index in [-0.39, 0.29) is 0 Å². The molecule has 3 nitrogen and oxygen atoms in total. The molecular weight excluding hydrogens is 204 g/mol. The van der Waals surface area contributed by atoms with Gasteiger partial charge < -0.3 is 15.3 Å². The van der Waals surface area contributed by atoms with Crippen LogP contribution in [-0.4, -0.2) is 28.0 Å². The zero-order valence-electron chi connectivity index (χ0n) is 9.63. The summed E-state index contributed by atoms with van der Waals surface area (Å²) in [5.74, 6) is 0. The van der Waals surface area contributed by atoms with Crippen LogP contribution in [0.5, 0.6) is 0 Å². The van der Waals surface area contributed by atoms with Crippen molar-refractivity contribution in [3.63, 3.8) is 0 Å². The van der Waals surface area contributed by atoms with Crippen LogP contribution in [0.3, 0.4) is 0 Å². The van der Waals surface area contributed by atoms with E-state index >= 15 is 0 Å². The van der Waals surface area contributed by atoms with E-state index in [1.165, 1.54) is 5.56 Å². The molecule has 0 aromatic heterocycles. The molecule has 0 fully saturated rings. The molecule has 0 amide bonds. The maximum Gasteiger partial charge on any atom is 0.107 e. The summed E-state index contributed by atoms with van der Waals surface area (Å²) in [5, 5.41) is 27.7. The van der Waals surface area contributed by atoms with E-state index < -0.39 is 18.8 Å². The van der Waals surface area contributed by atoms with Crippen molar-refractivity contribution in [2.45, 2.75) is 38.4 Å². The van der Waals surface area contributed by atoms with Crippen molar-refractivity contribution in [3.8, 4) is 0 Å².